The van der Waals surface area contributed by atoms with E-state index in [1.54, 1.807) is 42.5 Å². The first-order chi connectivity index (χ1) is 9.15. The van der Waals surface area contributed by atoms with Gasteiger partial charge in [-0.15, -0.1) is 0 Å². The molecular formula is C13H9BClO3S. The van der Waals surface area contributed by atoms with E-state index in [0.717, 1.165) is 5.46 Å². The van der Waals surface area contributed by atoms with Crippen molar-refractivity contribution in [2.75, 3.05) is 0 Å². The maximum atomic E-state index is 12.4. The Labute approximate surface area is 118 Å². The molecule has 1 aliphatic heterocycles. The lowest BCUT2D eigenvalue weighted by Gasteiger charge is -2.06. The molecule has 1 radical (unpaired) electrons. The molecule has 0 aliphatic carbocycles. The van der Waals surface area contributed by atoms with Crippen LogP contribution in [0.1, 0.15) is 11.9 Å². The van der Waals surface area contributed by atoms with E-state index in [1.165, 1.54) is 7.48 Å². The molecule has 6 heteroatoms. The summed E-state index contributed by atoms with van der Waals surface area (Å²) < 4.78 is 17.4. The molecule has 0 saturated carbocycles. The van der Waals surface area contributed by atoms with Crippen LogP contribution in [0.3, 0.4) is 0 Å². The van der Waals surface area contributed by atoms with Gasteiger partial charge in [0, 0.05) is 20.4 Å². The van der Waals surface area contributed by atoms with Crippen molar-refractivity contribution in [3.63, 3.8) is 0 Å². The monoisotopic (exact) mass is 291 g/mol. The Bertz CT molecular complexity index is 645. The van der Waals surface area contributed by atoms with Gasteiger partial charge in [-0.2, -0.15) is 0 Å². The molecular weight excluding hydrogens is 282 g/mol. The third-order valence-corrected chi connectivity index (χ3v) is 4.52. The molecule has 1 aliphatic rings. The van der Waals surface area contributed by atoms with E-state index in [4.69, 9.17) is 16.3 Å². The Kier molecular flexibility index (Phi) is 3.45. The van der Waals surface area contributed by atoms with Crippen molar-refractivity contribution in [1.29, 1.82) is 0 Å². The van der Waals surface area contributed by atoms with Gasteiger partial charge in [0.15, 0.2) is 6.29 Å². The van der Waals surface area contributed by atoms with Gasteiger partial charge in [0.05, 0.1) is 10.8 Å². The second-order valence-electron chi connectivity index (χ2n) is 4.12. The second kappa shape index (κ2) is 5.09. The number of aliphatic hydroxyl groups is 1. The molecule has 19 heavy (non-hydrogen) atoms. The zero-order chi connectivity index (χ0) is 13.4. The second-order valence-corrected chi connectivity index (χ2v) is 6.04. The normalized spacial score (nSPS) is 18.7. The van der Waals surface area contributed by atoms with E-state index < -0.39 is 17.1 Å². The van der Waals surface area contributed by atoms with E-state index in [-0.39, 0.29) is 0 Å². The van der Waals surface area contributed by atoms with Gasteiger partial charge in [0.25, 0.3) is 0 Å². The van der Waals surface area contributed by atoms with Crippen LogP contribution in [-0.4, -0.2) is 16.8 Å². The fraction of sp³-hybridized carbons (Fsp3) is 0.0769. The van der Waals surface area contributed by atoms with Crippen LogP contribution in [0.25, 0.3) is 0 Å². The van der Waals surface area contributed by atoms with E-state index in [9.17, 15) is 9.32 Å². The molecule has 0 amide bonds. The highest BCUT2D eigenvalue weighted by Gasteiger charge is 2.23. The highest BCUT2D eigenvalue weighted by atomic mass is 35.5. The van der Waals surface area contributed by atoms with Crippen LogP contribution in [0.4, 0.5) is 0 Å². The SMILES string of the molecule is O=S(c1ccc(Cl)cc1)c1ccc2c(c1)[B]OC2O. The highest BCUT2D eigenvalue weighted by molar-refractivity contribution is 7.85. The molecule has 0 bridgehead atoms. The Morgan fingerprint density at radius 2 is 1.84 bits per heavy atom. The molecule has 0 aromatic heterocycles. The van der Waals surface area contributed by atoms with Crippen molar-refractivity contribution in [2.45, 2.75) is 16.1 Å². The van der Waals surface area contributed by atoms with Gasteiger partial charge in [-0.3, -0.25) is 0 Å². The van der Waals surface area contributed by atoms with E-state index >= 15 is 0 Å². The first-order valence-electron chi connectivity index (χ1n) is 5.63. The van der Waals surface area contributed by atoms with Crippen molar-refractivity contribution in [2.24, 2.45) is 0 Å². The molecule has 0 spiro atoms. The highest BCUT2D eigenvalue weighted by Crippen LogP contribution is 2.22. The number of hydrogen-bond donors (Lipinski definition) is 1. The van der Waals surface area contributed by atoms with Crippen LogP contribution < -0.4 is 5.46 Å². The smallest absolute Gasteiger partial charge is 0.334 e. The van der Waals surface area contributed by atoms with Gasteiger partial charge >= 0.3 is 7.48 Å². The maximum absolute atomic E-state index is 12.4. The molecule has 1 heterocycles. The average molecular weight is 292 g/mol. The largest absolute Gasteiger partial charge is 0.407 e. The zero-order valence-electron chi connectivity index (χ0n) is 9.75. The molecule has 3 rings (SSSR count). The lowest BCUT2D eigenvalue weighted by molar-refractivity contribution is -0.00795. The fourth-order valence-electron chi connectivity index (χ4n) is 1.90. The molecule has 2 unspecified atom stereocenters. The third kappa shape index (κ3) is 2.47. The summed E-state index contributed by atoms with van der Waals surface area (Å²) in [5, 5.41) is 10.1. The summed E-state index contributed by atoms with van der Waals surface area (Å²) in [5.41, 5.74) is 1.45. The summed E-state index contributed by atoms with van der Waals surface area (Å²) in [5.74, 6) is 0. The van der Waals surface area contributed by atoms with E-state index in [1.807, 2.05) is 0 Å². The summed E-state index contributed by atoms with van der Waals surface area (Å²) >= 11 is 5.81. The molecule has 2 aromatic rings. The first-order valence-corrected chi connectivity index (χ1v) is 7.16. The van der Waals surface area contributed by atoms with E-state index in [2.05, 4.69) is 0 Å². The van der Waals surface area contributed by atoms with Crippen LogP contribution in [0.15, 0.2) is 52.3 Å². The predicted octanol–water partition coefficient (Wildman–Crippen LogP) is 1.77. The van der Waals surface area contributed by atoms with Gasteiger partial charge in [-0.05, 0) is 41.9 Å². The topological polar surface area (TPSA) is 46.5 Å². The minimum Gasteiger partial charge on any atom is -0.407 e. The van der Waals surface area contributed by atoms with Crippen LogP contribution >= 0.6 is 11.6 Å². The van der Waals surface area contributed by atoms with Crippen molar-refractivity contribution < 1.29 is 14.0 Å². The third-order valence-electron chi connectivity index (χ3n) is 2.89. The molecule has 2 aromatic carbocycles. The minimum atomic E-state index is -1.27. The van der Waals surface area contributed by atoms with Crippen molar-refractivity contribution >= 4 is 35.3 Å². The van der Waals surface area contributed by atoms with Crippen LogP contribution in [0.5, 0.6) is 0 Å². The summed E-state index contributed by atoms with van der Waals surface area (Å²) in [6, 6.07) is 12.1. The summed E-state index contributed by atoms with van der Waals surface area (Å²) in [6.45, 7) is 0. The Morgan fingerprint density at radius 3 is 2.58 bits per heavy atom. The number of aliphatic hydroxyl groups excluding tert-OH is 1. The predicted molar refractivity (Wildman–Crippen MR) is 74.0 cm³/mol. The summed E-state index contributed by atoms with van der Waals surface area (Å²) in [4.78, 5) is 1.35. The first kappa shape index (κ1) is 12.9. The van der Waals surface area contributed by atoms with Gasteiger partial charge in [0.1, 0.15) is 0 Å². The number of benzene rings is 2. The lowest BCUT2D eigenvalue weighted by Crippen LogP contribution is -2.12. The van der Waals surface area contributed by atoms with Crippen LogP contribution in [0.2, 0.25) is 5.02 Å². The van der Waals surface area contributed by atoms with E-state index in [0.29, 0.717) is 20.4 Å². The number of fused-ring (bicyclic) bond motifs is 1. The van der Waals surface area contributed by atoms with Gasteiger partial charge in [-0.25, -0.2) is 4.21 Å². The summed E-state index contributed by atoms with van der Waals surface area (Å²) in [7, 11) is 0.200. The Balaban J connectivity index is 1.95. The molecule has 0 fully saturated rings. The lowest BCUT2D eigenvalue weighted by atomic mass is 9.87. The molecule has 2 atom stereocenters. The Hall–Kier alpha value is -1.14. The van der Waals surface area contributed by atoms with Gasteiger partial charge < -0.3 is 9.76 Å². The standard InChI is InChI=1S/C13H9BClO3S/c15-8-1-3-9(4-2-8)19(17)10-5-6-11-12(7-10)14-18-13(11)16/h1-7,13,16H. The number of halogens is 1. The minimum absolute atomic E-state index is 0.611. The molecule has 95 valence electrons. The van der Waals surface area contributed by atoms with Crippen molar-refractivity contribution in [1.82, 2.24) is 0 Å². The zero-order valence-corrected chi connectivity index (χ0v) is 11.3. The maximum Gasteiger partial charge on any atom is 0.334 e. The van der Waals surface area contributed by atoms with Crippen molar-refractivity contribution in [3.8, 4) is 0 Å². The Morgan fingerprint density at radius 1 is 1.16 bits per heavy atom. The number of hydrogen-bond acceptors (Lipinski definition) is 3. The fourth-order valence-corrected chi connectivity index (χ4v) is 3.11. The quantitative estimate of drug-likeness (QED) is 0.858. The van der Waals surface area contributed by atoms with Gasteiger partial charge in [-0.1, -0.05) is 17.7 Å². The summed E-state index contributed by atoms with van der Waals surface area (Å²) in [6.07, 6.45) is -0.923. The average Bonchev–Trinajstić information content (AvgIpc) is 2.80. The van der Waals surface area contributed by atoms with Crippen LogP contribution in [-0.2, 0) is 15.5 Å². The van der Waals surface area contributed by atoms with Crippen LogP contribution in [0, 0.1) is 0 Å². The molecule has 1 N–H and O–H groups in total. The molecule has 3 nitrogen and oxygen atoms in total. The molecule has 0 saturated heterocycles. The van der Waals surface area contributed by atoms with Gasteiger partial charge in [0.2, 0.25) is 0 Å². The number of rotatable bonds is 2. The van der Waals surface area contributed by atoms with Crippen molar-refractivity contribution in [3.05, 3.63) is 53.1 Å².